The number of ether oxygens (including phenoxy) is 2. The van der Waals surface area contributed by atoms with Gasteiger partial charge in [-0.3, -0.25) is 4.98 Å². The van der Waals surface area contributed by atoms with Crippen molar-refractivity contribution in [1.29, 1.82) is 0 Å². The molecule has 3 aromatic rings. The minimum Gasteiger partial charge on any atom is -0.491 e. The molecule has 0 bridgehead atoms. The summed E-state index contributed by atoms with van der Waals surface area (Å²) in [5.41, 5.74) is 1.73. The number of hydrogen-bond donors (Lipinski definition) is 0. The molecule has 1 aromatic carbocycles. The molecular weight excluding hydrogens is 306 g/mol. The molecule has 0 aliphatic rings. The molecule has 0 fully saturated rings. The van der Waals surface area contributed by atoms with Crippen LogP contribution in [-0.2, 0) is 18.0 Å². The fourth-order valence-corrected chi connectivity index (χ4v) is 2.11. The molecule has 0 saturated carbocycles. The van der Waals surface area contributed by atoms with Gasteiger partial charge in [0.2, 0.25) is 5.82 Å². The van der Waals surface area contributed by atoms with Crippen LogP contribution in [0.3, 0.4) is 0 Å². The third kappa shape index (κ3) is 4.39. The SMILES string of the molecule is CC(C)Oc1ccc(-c2noc(COCc3ccccn3)n2)cc1. The molecular formula is C18H19N3O3. The molecule has 0 unspecified atom stereocenters. The molecule has 0 amide bonds. The number of rotatable bonds is 7. The smallest absolute Gasteiger partial charge is 0.252 e. The average Bonchev–Trinajstić information content (AvgIpc) is 3.05. The van der Waals surface area contributed by atoms with Gasteiger partial charge >= 0.3 is 0 Å². The molecule has 6 nitrogen and oxygen atoms in total. The van der Waals surface area contributed by atoms with Crippen molar-refractivity contribution < 1.29 is 14.0 Å². The fourth-order valence-electron chi connectivity index (χ4n) is 2.11. The third-order valence-corrected chi connectivity index (χ3v) is 3.15. The molecule has 24 heavy (non-hydrogen) atoms. The highest BCUT2D eigenvalue weighted by molar-refractivity contribution is 5.55. The Hall–Kier alpha value is -2.73. The summed E-state index contributed by atoms with van der Waals surface area (Å²) in [6, 6.07) is 13.3. The quantitative estimate of drug-likeness (QED) is 0.660. The van der Waals surface area contributed by atoms with Crippen LogP contribution in [0.4, 0.5) is 0 Å². The van der Waals surface area contributed by atoms with E-state index in [1.807, 2.05) is 56.3 Å². The molecule has 0 N–H and O–H groups in total. The molecule has 0 saturated heterocycles. The second-order valence-corrected chi connectivity index (χ2v) is 5.52. The van der Waals surface area contributed by atoms with E-state index in [2.05, 4.69) is 15.1 Å². The topological polar surface area (TPSA) is 70.3 Å². The number of benzene rings is 1. The summed E-state index contributed by atoms with van der Waals surface area (Å²) in [7, 11) is 0. The van der Waals surface area contributed by atoms with Crippen molar-refractivity contribution in [2.45, 2.75) is 33.2 Å². The number of hydrogen-bond acceptors (Lipinski definition) is 6. The lowest BCUT2D eigenvalue weighted by Crippen LogP contribution is -2.05. The number of aromatic nitrogens is 3. The zero-order valence-electron chi connectivity index (χ0n) is 13.7. The van der Waals surface area contributed by atoms with Crippen LogP contribution in [0, 0.1) is 0 Å². The predicted molar refractivity (Wildman–Crippen MR) is 88.2 cm³/mol. The maximum Gasteiger partial charge on any atom is 0.252 e. The summed E-state index contributed by atoms with van der Waals surface area (Å²) in [4.78, 5) is 8.53. The van der Waals surface area contributed by atoms with Crippen molar-refractivity contribution in [2.75, 3.05) is 0 Å². The molecule has 2 heterocycles. The Morgan fingerprint density at radius 2 is 1.88 bits per heavy atom. The largest absolute Gasteiger partial charge is 0.491 e. The Balaban J connectivity index is 1.57. The zero-order valence-corrected chi connectivity index (χ0v) is 13.7. The standard InChI is InChI=1S/C18H19N3O3/c1-13(2)23-16-8-6-14(7-9-16)18-20-17(24-21-18)12-22-11-15-5-3-4-10-19-15/h3-10,13H,11-12H2,1-2H3. The second-order valence-electron chi connectivity index (χ2n) is 5.52. The highest BCUT2D eigenvalue weighted by Crippen LogP contribution is 2.21. The van der Waals surface area contributed by atoms with Gasteiger partial charge in [0.1, 0.15) is 12.4 Å². The molecule has 3 rings (SSSR count). The van der Waals surface area contributed by atoms with E-state index in [1.54, 1.807) is 6.20 Å². The van der Waals surface area contributed by atoms with Crippen molar-refractivity contribution >= 4 is 0 Å². The minimum absolute atomic E-state index is 0.142. The van der Waals surface area contributed by atoms with Gasteiger partial charge in [-0.05, 0) is 50.2 Å². The van der Waals surface area contributed by atoms with Crippen LogP contribution in [0.25, 0.3) is 11.4 Å². The molecule has 0 atom stereocenters. The van der Waals surface area contributed by atoms with Crippen LogP contribution in [0.1, 0.15) is 25.4 Å². The van der Waals surface area contributed by atoms with Crippen LogP contribution in [0.2, 0.25) is 0 Å². The summed E-state index contributed by atoms with van der Waals surface area (Å²) in [6.07, 6.45) is 1.87. The Bertz CT molecular complexity index is 755. The van der Waals surface area contributed by atoms with Gasteiger partial charge in [0.25, 0.3) is 5.89 Å². The first kappa shape index (κ1) is 16.1. The molecule has 0 radical (unpaired) electrons. The van der Waals surface area contributed by atoms with Gasteiger partial charge in [0.15, 0.2) is 0 Å². The van der Waals surface area contributed by atoms with Gasteiger partial charge in [0.05, 0.1) is 18.4 Å². The fraction of sp³-hybridized carbons (Fsp3) is 0.278. The van der Waals surface area contributed by atoms with E-state index in [0.717, 1.165) is 17.0 Å². The Morgan fingerprint density at radius 3 is 2.58 bits per heavy atom. The van der Waals surface area contributed by atoms with E-state index in [4.69, 9.17) is 14.0 Å². The van der Waals surface area contributed by atoms with Gasteiger partial charge in [0, 0.05) is 11.8 Å². The highest BCUT2D eigenvalue weighted by atomic mass is 16.5. The lowest BCUT2D eigenvalue weighted by Gasteiger charge is -2.09. The molecule has 6 heteroatoms. The third-order valence-electron chi connectivity index (χ3n) is 3.15. The van der Waals surface area contributed by atoms with Crippen molar-refractivity contribution in [3.8, 4) is 17.1 Å². The van der Waals surface area contributed by atoms with Gasteiger partial charge in [-0.2, -0.15) is 4.98 Å². The highest BCUT2D eigenvalue weighted by Gasteiger charge is 2.09. The molecule has 124 valence electrons. The minimum atomic E-state index is 0.142. The summed E-state index contributed by atoms with van der Waals surface area (Å²) in [6.45, 7) is 4.63. The summed E-state index contributed by atoms with van der Waals surface area (Å²) in [5.74, 6) is 1.78. The van der Waals surface area contributed by atoms with Crippen molar-refractivity contribution in [3.63, 3.8) is 0 Å². The lowest BCUT2D eigenvalue weighted by molar-refractivity contribution is 0.0829. The predicted octanol–water partition coefficient (Wildman–Crippen LogP) is 3.64. The lowest BCUT2D eigenvalue weighted by atomic mass is 10.2. The zero-order chi connectivity index (χ0) is 16.8. The Kier molecular flexibility index (Phi) is 5.18. The van der Waals surface area contributed by atoms with E-state index in [0.29, 0.717) is 18.3 Å². The molecule has 2 aromatic heterocycles. The molecule has 0 aliphatic heterocycles. The van der Waals surface area contributed by atoms with E-state index >= 15 is 0 Å². The van der Waals surface area contributed by atoms with Crippen LogP contribution < -0.4 is 4.74 Å². The van der Waals surface area contributed by atoms with Crippen LogP contribution in [-0.4, -0.2) is 21.2 Å². The Labute approximate surface area is 140 Å². The first-order valence-corrected chi connectivity index (χ1v) is 7.78. The van der Waals surface area contributed by atoms with Crippen LogP contribution in [0.5, 0.6) is 5.75 Å². The second kappa shape index (κ2) is 7.70. The van der Waals surface area contributed by atoms with E-state index in [9.17, 15) is 0 Å². The first-order chi connectivity index (χ1) is 11.7. The summed E-state index contributed by atoms with van der Waals surface area (Å²) < 4.78 is 16.4. The number of pyridine rings is 1. The average molecular weight is 325 g/mol. The normalized spacial score (nSPS) is 11.0. The maximum absolute atomic E-state index is 5.62. The van der Waals surface area contributed by atoms with Gasteiger partial charge < -0.3 is 14.0 Å². The monoisotopic (exact) mass is 325 g/mol. The summed E-state index contributed by atoms with van der Waals surface area (Å²) >= 11 is 0. The van der Waals surface area contributed by atoms with E-state index in [1.165, 1.54) is 0 Å². The molecule has 0 spiro atoms. The van der Waals surface area contributed by atoms with Crippen molar-refractivity contribution in [3.05, 3.63) is 60.2 Å². The van der Waals surface area contributed by atoms with Crippen molar-refractivity contribution in [2.24, 2.45) is 0 Å². The van der Waals surface area contributed by atoms with Crippen LogP contribution >= 0.6 is 0 Å². The van der Waals surface area contributed by atoms with Gasteiger partial charge in [-0.15, -0.1) is 0 Å². The van der Waals surface area contributed by atoms with Gasteiger partial charge in [-0.1, -0.05) is 11.2 Å². The van der Waals surface area contributed by atoms with Gasteiger partial charge in [-0.25, -0.2) is 0 Å². The van der Waals surface area contributed by atoms with Crippen molar-refractivity contribution in [1.82, 2.24) is 15.1 Å². The van der Waals surface area contributed by atoms with E-state index < -0.39 is 0 Å². The van der Waals surface area contributed by atoms with Crippen LogP contribution in [0.15, 0.2) is 53.2 Å². The molecule has 0 aliphatic carbocycles. The van der Waals surface area contributed by atoms with E-state index in [-0.39, 0.29) is 12.7 Å². The number of nitrogens with zero attached hydrogens (tertiary/aromatic N) is 3. The first-order valence-electron chi connectivity index (χ1n) is 7.78. The summed E-state index contributed by atoms with van der Waals surface area (Å²) in [5, 5.41) is 3.98. The Morgan fingerprint density at radius 1 is 1.04 bits per heavy atom. The maximum atomic E-state index is 5.62.